The number of carbonyl (C=O) groups excluding carboxylic acids is 1. The third kappa shape index (κ3) is 4.75. The summed E-state index contributed by atoms with van der Waals surface area (Å²) >= 11 is 0. The molecule has 1 atom stereocenters. The van der Waals surface area contributed by atoms with Crippen molar-refractivity contribution in [3.05, 3.63) is 119 Å². The van der Waals surface area contributed by atoms with Crippen LogP contribution >= 0.6 is 0 Å². The molecule has 3 N–H and O–H groups in total. The van der Waals surface area contributed by atoms with Gasteiger partial charge in [-0.1, -0.05) is 18.2 Å². The Bertz CT molecular complexity index is 1510. The van der Waals surface area contributed by atoms with Crippen LogP contribution < -0.4 is 10.6 Å². The van der Waals surface area contributed by atoms with E-state index in [-0.39, 0.29) is 17.5 Å². The SMILES string of the molecule is Cc1cccc(N[C@@H](c2ccccn2)c2c(C)[nH]c3ccc(NC(=O)c4cccc(F)c4)cc23)n1. The molecular weight excluding hydrogens is 441 g/mol. The van der Waals surface area contributed by atoms with Crippen LogP contribution in [0.4, 0.5) is 15.9 Å². The number of rotatable bonds is 6. The van der Waals surface area contributed by atoms with Crippen LogP contribution in [-0.4, -0.2) is 20.9 Å². The Morgan fingerprint density at radius 2 is 1.83 bits per heavy atom. The Morgan fingerprint density at radius 3 is 2.60 bits per heavy atom. The zero-order valence-electron chi connectivity index (χ0n) is 19.3. The summed E-state index contributed by atoms with van der Waals surface area (Å²) < 4.78 is 13.6. The van der Waals surface area contributed by atoms with Crippen molar-refractivity contribution in [3.63, 3.8) is 0 Å². The van der Waals surface area contributed by atoms with Crippen molar-refractivity contribution >= 4 is 28.3 Å². The number of aromatic amines is 1. The summed E-state index contributed by atoms with van der Waals surface area (Å²) in [6.07, 6.45) is 1.77. The van der Waals surface area contributed by atoms with Crippen molar-refractivity contribution in [3.8, 4) is 0 Å². The highest BCUT2D eigenvalue weighted by molar-refractivity contribution is 6.05. The smallest absolute Gasteiger partial charge is 0.255 e. The van der Waals surface area contributed by atoms with Crippen LogP contribution in [0.2, 0.25) is 0 Å². The van der Waals surface area contributed by atoms with E-state index in [4.69, 9.17) is 0 Å². The van der Waals surface area contributed by atoms with Gasteiger partial charge in [-0.25, -0.2) is 9.37 Å². The number of fused-ring (bicyclic) bond motifs is 1. The van der Waals surface area contributed by atoms with Gasteiger partial charge in [0, 0.05) is 45.3 Å². The highest BCUT2D eigenvalue weighted by Gasteiger charge is 2.23. The molecule has 6 nitrogen and oxygen atoms in total. The number of aryl methyl sites for hydroxylation is 2. The third-order valence-corrected chi connectivity index (χ3v) is 5.83. The lowest BCUT2D eigenvalue weighted by molar-refractivity contribution is 0.102. The first-order valence-electron chi connectivity index (χ1n) is 11.3. The maximum Gasteiger partial charge on any atom is 0.255 e. The number of H-pyrrole nitrogens is 1. The largest absolute Gasteiger partial charge is 0.358 e. The number of nitrogens with zero attached hydrogens (tertiary/aromatic N) is 2. The van der Waals surface area contributed by atoms with E-state index in [0.717, 1.165) is 39.4 Å². The number of hydrogen-bond donors (Lipinski definition) is 3. The van der Waals surface area contributed by atoms with Crippen molar-refractivity contribution in [2.24, 2.45) is 0 Å². The van der Waals surface area contributed by atoms with Crippen LogP contribution in [0, 0.1) is 19.7 Å². The minimum atomic E-state index is -0.453. The number of carbonyl (C=O) groups is 1. The molecule has 35 heavy (non-hydrogen) atoms. The monoisotopic (exact) mass is 465 g/mol. The van der Waals surface area contributed by atoms with Gasteiger partial charge >= 0.3 is 0 Å². The molecule has 5 rings (SSSR count). The van der Waals surface area contributed by atoms with E-state index in [9.17, 15) is 9.18 Å². The van der Waals surface area contributed by atoms with E-state index in [1.807, 2.05) is 68.4 Å². The summed E-state index contributed by atoms with van der Waals surface area (Å²) in [5.41, 5.74) is 5.53. The molecule has 3 heterocycles. The molecule has 0 aliphatic rings. The van der Waals surface area contributed by atoms with Crippen LogP contribution in [0.5, 0.6) is 0 Å². The van der Waals surface area contributed by atoms with Gasteiger partial charge < -0.3 is 15.6 Å². The van der Waals surface area contributed by atoms with Gasteiger partial charge in [0.15, 0.2) is 0 Å². The van der Waals surface area contributed by atoms with E-state index >= 15 is 0 Å². The fourth-order valence-electron chi connectivity index (χ4n) is 4.24. The molecule has 5 aromatic rings. The van der Waals surface area contributed by atoms with Crippen LogP contribution in [-0.2, 0) is 0 Å². The molecule has 0 bridgehead atoms. The molecule has 0 fully saturated rings. The molecule has 0 aliphatic carbocycles. The average molecular weight is 466 g/mol. The van der Waals surface area contributed by atoms with Crippen LogP contribution in [0.15, 0.2) is 85.1 Å². The standard InChI is InChI=1S/C28H24FN5O/c1-17-7-5-11-25(31-17)34-27(24-10-3-4-14-30-24)26-18(2)32-23-13-12-21(16-22(23)26)33-28(35)19-8-6-9-20(29)15-19/h3-16,27,32H,1-2H3,(H,31,34)(H,33,35)/t27-/m0/s1. The first-order chi connectivity index (χ1) is 17.0. The molecule has 3 aromatic heterocycles. The molecule has 1 amide bonds. The molecule has 2 aromatic carbocycles. The van der Waals surface area contributed by atoms with E-state index in [1.165, 1.54) is 18.2 Å². The number of amides is 1. The molecule has 0 radical (unpaired) electrons. The number of anilines is 2. The minimum absolute atomic E-state index is 0.258. The normalized spacial score (nSPS) is 11.9. The lowest BCUT2D eigenvalue weighted by Crippen LogP contribution is -2.16. The molecule has 0 aliphatic heterocycles. The van der Waals surface area contributed by atoms with E-state index in [2.05, 4.69) is 25.6 Å². The average Bonchev–Trinajstić information content (AvgIpc) is 3.18. The summed E-state index contributed by atoms with van der Waals surface area (Å²) in [4.78, 5) is 25.4. The number of halogens is 1. The second kappa shape index (κ2) is 9.38. The van der Waals surface area contributed by atoms with Crippen LogP contribution in [0.3, 0.4) is 0 Å². The van der Waals surface area contributed by atoms with Gasteiger partial charge in [-0.2, -0.15) is 0 Å². The first-order valence-corrected chi connectivity index (χ1v) is 11.3. The molecular formula is C28H24FN5O. The molecule has 0 spiro atoms. The quantitative estimate of drug-likeness (QED) is 0.280. The molecule has 174 valence electrons. The summed E-state index contributed by atoms with van der Waals surface area (Å²) in [7, 11) is 0. The molecule has 0 saturated heterocycles. The lowest BCUT2D eigenvalue weighted by Gasteiger charge is -2.20. The van der Waals surface area contributed by atoms with Gasteiger partial charge in [0.25, 0.3) is 5.91 Å². The fourth-order valence-corrected chi connectivity index (χ4v) is 4.24. The Balaban J connectivity index is 1.56. The van der Waals surface area contributed by atoms with Crippen LogP contribution in [0.1, 0.15) is 39.0 Å². The molecule has 0 saturated carbocycles. The summed E-state index contributed by atoms with van der Waals surface area (Å²) in [5, 5.41) is 7.36. The first kappa shape index (κ1) is 22.3. The van der Waals surface area contributed by atoms with Crippen molar-refractivity contribution in [2.75, 3.05) is 10.6 Å². The predicted molar refractivity (Wildman–Crippen MR) is 136 cm³/mol. The van der Waals surface area contributed by atoms with E-state index in [0.29, 0.717) is 5.69 Å². The second-order valence-electron chi connectivity index (χ2n) is 8.38. The second-order valence-corrected chi connectivity index (χ2v) is 8.38. The number of nitrogens with one attached hydrogen (secondary N) is 3. The van der Waals surface area contributed by atoms with Gasteiger partial charge in [-0.3, -0.25) is 9.78 Å². The van der Waals surface area contributed by atoms with Gasteiger partial charge in [-0.15, -0.1) is 0 Å². The van der Waals surface area contributed by atoms with Gasteiger partial charge in [0.1, 0.15) is 11.6 Å². The highest BCUT2D eigenvalue weighted by Crippen LogP contribution is 2.35. The molecule has 7 heteroatoms. The summed E-state index contributed by atoms with van der Waals surface area (Å²) in [6.45, 7) is 3.97. The lowest BCUT2D eigenvalue weighted by atomic mass is 9.99. The van der Waals surface area contributed by atoms with Gasteiger partial charge in [-0.05, 0) is 74.5 Å². The Kier molecular flexibility index (Phi) is 5.97. The molecule has 0 unspecified atom stereocenters. The number of aromatic nitrogens is 3. The van der Waals surface area contributed by atoms with Crippen molar-refractivity contribution < 1.29 is 9.18 Å². The summed E-state index contributed by atoms with van der Waals surface area (Å²) in [5.74, 6) is -0.0864. The van der Waals surface area contributed by atoms with Gasteiger partial charge in [0.2, 0.25) is 0 Å². The third-order valence-electron chi connectivity index (χ3n) is 5.83. The zero-order chi connectivity index (χ0) is 24.4. The van der Waals surface area contributed by atoms with Gasteiger partial charge in [0.05, 0.1) is 11.7 Å². The zero-order valence-corrected chi connectivity index (χ0v) is 19.3. The Labute approximate surface area is 202 Å². The predicted octanol–water partition coefficient (Wildman–Crippen LogP) is 6.17. The minimum Gasteiger partial charge on any atom is -0.358 e. The number of benzene rings is 2. The maximum atomic E-state index is 13.6. The number of pyridine rings is 2. The Morgan fingerprint density at radius 1 is 0.971 bits per heavy atom. The van der Waals surface area contributed by atoms with E-state index in [1.54, 1.807) is 12.3 Å². The van der Waals surface area contributed by atoms with Crippen LogP contribution in [0.25, 0.3) is 10.9 Å². The highest BCUT2D eigenvalue weighted by atomic mass is 19.1. The topological polar surface area (TPSA) is 82.7 Å². The number of hydrogen-bond acceptors (Lipinski definition) is 4. The van der Waals surface area contributed by atoms with Crippen molar-refractivity contribution in [2.45, 2.75) is 19.9 Å². The van der Waals surface area contributed by atoms with Crippen molar-refractivity contribution in [1.82, 2.24) is 15.0 Å². The fraction of sp³-hybridized carbons (Fsp3) is 0.107. The Hall–Kier alpha value is -4.52. The maximum absolute atomic E-state index is 13.6. The van der Waals surface area contributed by atoms with Crippen molar-refractivity contribution in [1.29, 1.82) is 0 Å². The van der Waals surface area contributed by atoms with E-state index < -0.39 is 5.82 Å². The summed E-state index contributed by atoms with van der Waals surface area (Å²) in [6, 6.07) is 22.7.